The smallest absolute Gasteiger partial charge is 0.322 e. The number of piperidine rings is 1. The Kier molecular flexibility index (Phi) is 7.10. The van der Waals surface area contributed by atoms with Gasteiger partial charge >= 0.3 is 6.01 Å². The van der Waals surface area contributed by atoms with Crippen LogP contribution < -0.4 is 15.0 Å². The van der Waals surface area contributed by atoms with Crippen molar-refractivity contribution in [2.45, 2.75) is 31.6 Å². The summed E-state index contributed by atoms with van der Waals surface area (Å²) < 4.78 is 36.8. The van der Waals surface area contributed by atoms with Crippen molar-refractivity contribution < 1.29 is 23.0 Å². The summed E-state index contributed by atoms with van der Waals surface area (Å²) in [6.07, 6.45) is 3.28. The standard InChI is InChI=1S/C21H26F2N8O3/c1-21(22,23)12-25-18(32)17-26-19(28-20(27-17)34-11-10-33-2)31-8-5-13(6-9-31)15-14-4-3-7-24-16(14)30-29-15/h3-4,7,13H,5-6,8-12H2,1-2H3,(H,25,32)(H,24,29,30). The molecule has 34 heavy (non-hydrogen) atoms. The molecular weight excluding hydrogens is 450 g/mol. The molecule has 2 N–H and O–H groups in total. The Morgan fingerprint density at radius 1 is 1.26 bits per heavy atom. The van der Waals surface area contributed by atoms with Gasteiger partial charge in [0, 0.05) is 44.6 Å². The van der Waals surface area contributed by atoms with Crippen LogP contribution in [0.3, 0.4) is 0 Å². The van der Waals surface area contributed by atoms with Crippen molar-refractivity contribution in [3.8, 4) is 6.01 Å². The molecule has 11 nitrogen and oxygen atoms in total. The monoisotopic (exact) mass is 476 g/mol. The molecule has 3 aromatic heterocycles. The lowest BCUT2D eigenvalue weighted by molar-refractivity contribution is 0.0219. The lowest BCUT2D eigenvalue weighted by Gasteiger charge is -2.31. The second kappa shape index (κ2) is 10.2. The van der Waals surface area contributed by atoms with E-state index in [2.05, 4.69) is 35.5 Å². The molecule has 1 aliphatic rings. The topological polar surface area (TPSA) is 131 Å². The highest BCUT2D eigenvalue weighted by Gasteiger charge is 2.28. The molecule has 0 spiro atoms. The van der Waals surface area contributed by atoms with Crippen molar-refractivity contribution in [2.75, 3.05) is 44.9 Å². The van der Waals surface area contributed by atoms with Crippen LogP contribution in [0.25, 0.3) is 11.0 Å². The van der Waals surface area contributed by atoms with E-state index < -0.39 is 18.4 Å². The van der Waals surface area contributed by atoms with Crippen LogP contribution in [0.15, 0.2) is 18.3 Å². The maximum Gasteiger partial charge on any atom is 0.322 e. The van der Waals surface area contributed by atoms with Gasteiger partial charge in [0.05, 0.1) is 18.8 Å². The number of alkyl halides is 2. The van der Waals surface area contributed by atoms with E-state index in [0.29, 0.717) is 26.6 Å². The van der Waals surface area contributed by atoms with Gasteiger partial charge in [0.2, 0.25) is 11.8 Å². The van der Waals surface area contributed by atoms with Gasteiger partial charge in [-0.1, -0.05) is 0 Å². The molecule has 1 amide bonds. The number of hydrogen-bond donors (Lipinski definition) is 2. The lowest BCUT2D eigenvalue weighted by Crippen LogP contribution is -2.37. The van der Waals surface area contributed by atoms with Crippen molar-refractivity contribution in [1.29, 1.82) is 0 Å². The molecule has 182 valence electrons. The van der Waals surface area contributed by atoms with Crippen LogP contribution in [0.2, 0.25) is 0 Å². The minimum Gasteiger partial charge on any atom is -0.461 e. The molecular formula is C21H26F2N8O3. The molecule has 1 fully saturated rings. The third kappa shape index (κ3) is 5.71. The third-order valence-corrected chi connectivity index (χ3v) is 5.41. The molecule has 0 unspecified atom stereocenters. The zero-order valence-corrected chi connectivity index (χ0v) is 18.9. The number of carbonyl (C=O) groups is 1. The Labute approximate surface area is 194 Å². The number of rotatable bonds is 9. The van der Waals surface area contributed by atoms with E-state index in [-0.39, 0.29) is 30.3 Å². The summed E-state index contributed by atoms with van der Waals surface area (Å²) in [7, 11) is 1.52. The van der Waals surface area contributed by atoms with Gasteiger partial charge in [0.15, 0.2) is 5.65 Å². The van der Waals surface area contributed by atoms with Gasteiger partial charge in [-0.15, -0.1) is 0 Å². The van der Waals surface area contributed by atoms with Crippen molar-refractivity contribution in [1.82, 2.24) is 35.5 Å². The first-order valence-electron chi connectivity index (χ1n) is 10.9. The molecule has 1 aliphatic heterocycles. The highest BCUT2D eigenvalue weighted by Crippen LogP contribution is 2.32. The second-order valence-electron chi connectivity index (χ2n) is 8.11. The first kappa shape index (κ1) is 23.7. The second-order valence-corrected chi connectivity index (χ2v) is 8.11. The minimum atomic E-state index is -3.06. The van der Waals surface area contributed by atoms with Gasteiger partial charge in [0.1, 0.15) is 6.61 Å². The molecule has 0 bridgehead atoms. The molecule has 13 heteroatoms. The molecule has 0 saturated carbocycles. The Morgan fingerprint density at radius 2 is 2.06 bits per heavy atom. The summed E-state index contributed by atoms with van der Waals surface area (Å²) in [5.41, 5.74) is 1.73. The fourth-order valence-corrected chi connectivity index (χ4v) is 3.72. The van der Waals surface area contributed by atoms with Gasteiger partial charge in [-0.3, -0.25) is 9.89 Å². The minimum absolute atomic E-state index is 0.0676. The number of pyridine rings is 1. The summed E-state index contributed by atoms with van der Waals surface area (Å²) >= 11 is 0. The molecule has 0 radical (unpaired) electrons. The molecule has 0 aliphatic carbocycles. The number of fused-ring (bicyclic) bond motifs is 1. The van der Waals surface area contributed by atoms with E-state index >= 15 is 0 Å². The van der Waals surface area contributed by atoms with Crippen LogP contribution in [0.4, 0.5) is 14.7 Å². The number of ether oxygens (including phenoxy) is 2. The van der Waals surface area contributed by atoms with E-state index in [1.807, 2.05) is 17.0 Å². The van der Waals surface area contributed by atoms with E-state index in [0.717, 1.165) is 29.6 Å². The first-order chi connectivity index (χ1) is 16.3. The highest BCUT2D eigenvalue weighted by atomic mass is 19.3. The van der Waals surface area contributed by atoms with Crippen LogP contribution in [-0.2, 0) is 4.74 Å². The van der Waals surface area contributed by atoms with Crippen molar-refractivity contribution in [3.05, 3.63) is 29.8 Å². The number of carbonyl (C=O) groups excluding carboxylic acids is 1. The fourth-order valence-electron chi connectivity index (χ4n) is 3.72. The average Bonchev–Trinajstić information content (AvgIpc) is 3.26. The summed E-state index contributed by atoms with van der Waals surface area (Å²) in [5.74, 6) is -3.69. The number of aromatic nitrogens is 6. The predicted molar refractivity (Wildman–Crippen MR) is 118 cm³/mol. The maximum atomic E-state index is 13.2. The highest BCUT2D eigenvalue weighted by molar-refractivity contribution is 5.90. The maximum absolute atomic E-state index is 13.2. The lowest BCUT2D eigenvalue weighted by atomic mass is 9.92. The zero-order valence-electron chi connectivity index (χ0n) is 18.9. The van der Waals surface area contributed by atoms with Crippen LogP contribution >= 0.6 is 0 Å². The predicted octanol–water partition coefficient (Wildman–Crippen LogP) is 1.94. The summed E-state index contributed by atoms with van der Waals surface area (Å²) in [4.78, 5) is 31.2. The van der Waals surface area contributed by atoms with E-state index in [1.54, 1.807) is 6.20 Å². The van der Waals surface area contributed by atoms with Crippen molar-refractivity contribution >= 4 is 22.9 Å². The van der Waals surface area contributed by atoms with Crippen LogP contribution in [0.1, 0.15) is 42.0 Å². The number of H-pyrrole nitrogens is 1. The zero-order chi connectivity index (χ0) is 24.1. The SMILES string of the molecule is COCCOc1nc(C(=O)NCC(C)(F)F)nc(N2CCC(c3n[nH]c4ncccc34)CC2)n1. The number of methoxy groups -OCH3 is 1. The van der Waals surface area contributed by atoms with Gasteiger partial charge in [-0.2, -0.15) is 20.1 Å². The van der Waals surface area contributed by atoms with Gasteiger partial charge in [0.25, 0.3) is 11.8 Å². The van der Waals surface area contributed by atoms with Crippen LogP contribution in [0.5, 0.6) is 6.01 Å². The average molecular weight is 476 g/mol. The van der Waals surface area contributed by atoms with Crippen molar-refractivity contribution in [3.63, 3.8) is 0 Å². The number of hydrogen-bond acceptors (Lipinski definition) is 9. The Balaban J connectivity index is 1.49. The Morgan fingerprint density at radius 3 is 2.79 bits per heavy atom. The van der Waals surface area contributed by atoms with E-state index in [9.17, 15) is 13.6 Å². The van der Waals surface area contributed by atoms with Gasteiger partial charge in [-0.25, -0.2) is 13.8 Å². The van der Waals surface area contributed by atoms with Crippen molar-refractivity contribution in [2.24, 2.45) is 0 Å². The molecule has 4 rings (SSSR count). The molecule has 0 aromatic carbocycles. The van der Waals surface area contributed by atoms with Gasteiger partial charge in [-0.05, 0) is 25.0 Å². The molecule has 0 atom stereocenters. The fraction of sp³-hybridized carbons (Fsp3) is 0.524. The van der Waals surface area contributed by atoms with E-state index in [4.69, 9.17) is 9.47 Å². The van der Waals surface area contributed by atoms with E-state index in [1.165, 1.54) is 7.11 Å². The van der Waals surface area contributed by atoms with Crippen LogP contribution in [0, 0.1) is 0 Å². The number of nitrogens with zero attached hydrogens (tertiary/aromatic N) is 6. The number of amides is 1. The molecule has 1 saturated heterocycles. The number of halogens is 2. The number of aromatic amines is 1. The van der Waals surface area contributed by atoms with Gasteiger partial charge < -0.3 is 19.7 Å². The quantitative estimate of drug-likeness (QED) is 0.445. The normalized spacial score (nSPS) is 15.0. The largest absolute Gasteiger partial charge is 0.461 e. The first-order valence-corrected chi connectivity index (χ1v) is 10.9. The van der Waals surface area contributed by atoms with Crippen LogP contribution in [-0.4, -0.2) is 81.9 Å². The summed E-state index contributed by atoms with van der Waals surface area (Å²) in [6, 6.07) is 3.81. The molecule has 4 heterocycles. The molecule has 3 aromatic rings. The third-order valence-electron chi connectivity index (χ3n) is 5.41. The Bertz CT molecular complexity index is 1130. The Hall–Kier alpha value is -3.48. The summed E-state index contributed by atoms with van der Waals surface area (Å²) in [6.45, 7) is 1.56. The number of nitrogens with one attached hydrogen (secondary N) is 2. The number of anilines is 1. The summed E-state index contributed by atoms with van der Waals surface area (Å²) in [5, 5.41) is 10.6.